The maximum Gasteiger partial charge on any atom is 0.255 e. The molecule has 2 saturated carbocycles. The Morgan fingerprint density at radius 1 is 0.833 bits per heavy atom. The minimum atomic E-state index is -0.627. The van der Waals surface area contributed by atoms with Gasteiger partial charge in [0.25, 0.3) is 5.91 Å². The molecular formula is C34H42N4O4. The number of nitrogens with zero attached hydrogens (tertiary/aromatic N) is 3. The van der Waals surface area contributed by atoms with Crippen LogP contribution in [0.2, 0.25) is 0 Å². The Labute approximate surface area is 248 Å². The van der Waals surface area contributed by atoms with Gasteiger partial charge in [-0.05, 0) is 60.3 Å². The molecule has 222 valence electrons. The molecule has 1 N–H and O–H groups in total. The van der Waals surface area contributed by atoms with Gasteiger partial charge in [0.05, 0.1) is 6.54 Å². The standard InChI is InChI=1S/C34H42N4O4/c39-32-14-13-30(33(40)35-32)38-21-29-28(34(38)41)5-2-6-31(29)42-22-24-9-7-23(8-10-24)19-36-15-17-37(18-16-36)20-26-11-12-27(26)25-3-1-4-25/h2,5-10,25-27,30H,1,3-4,11-22H2,(H,35,39,40). The number of carbonyl (C=O) groups is 3. The summed E-state index contributed by atoms with van der Waals surface area (Å²) in [5.74, 6) is 2.83. The number of piperazine rings is 1. The third kappa shape index (κ3) is 5.59. The number of ether oxygens (including phenoxy) is 1. The molecule has 3 heterocycles. The Balaban J connectivity index is 0.887. The first-order valence-electron chi connectivity index (χ1n) is 15.9. The molecule has 3 atom stereocenters. The van der Waals surface area contributed by atoms with Crippen LogP contribution in [0.3, 0.4) is 0 Å². The molecule has 2 aliphatic carbocycles. The molecule has 2 aromatic carbocycles. The van der Waals surface area contributed by atoms with Gasteiger partial charge in [0, 0.05) is 56.8 Å². The summed E-state index contributed by atoms with van der Waals surface area (Å²) in [5, 5.41) is 2.36. The van der Waals surface area contributed by atoms with Crippen LogP contribution in [0.25, 0.3) is 0 Å². The Bertz CT molecular complexity index is 1330. The molecule has 42 heavy (non-hydrogen) atoms. The van der Waals surface area contributed by atoms with Crippen LogP contribution in [-0.4, -0.2) is 71.2 Å². The van der Waals surface area contributed by atoms with Gasteiger partial charge in [0.1, 0.15) is 18.4 Å². The number of carbonyl (C=O) groups excluding carboxylic acids is 3. The highest BCUT2D eigenvalue weighted by Crippen LogP contribution is 2.47. The summed E-state index contributed by atoms with van der Waals surface area (Å²) < 4.78 is 6.19. The summed E-state index contributed by atoms with van der Waals surface area (Å²) >= 11 is 0. The molecule has 2 aromatic rings. The van der Waals surface area contributed by atoms with E-state index in [-0.39, 0.29) is 18.2 Å². The van der Waals surface area contributed by atoms with E-state index in [0.717, 1.165) is 48.5 Å². The van der Waals surface area contributed by atoms with Crippen LogP contribution in [0.5, 0.6) is 5.75 Å². The number of hydrogen-bond donors (Lipinski definition) is 1. The number of amides is 3. The summed E-state index contributed by atoms with van der Waals surface area (Å²) in [6.07, 6.45) is 7.96. The molecule has 3 amide bonds. The molecule has 3 unspecified atom stereocenters. The van der Waals surface area contributed by atoms with Gasteiger partial charge in [-0.25, -0.2) is 0 Å². The molecule has 5 aliphatic rings. The average molecular weight is 571 g/mol. The quantitative estimate of drug-likeness (QED) is 0.460. The summed E-state index contributed by atoms with van der Waals surface area (Å²) in [6, 6.07) is 13.5. The number of imide groups is 1. The van der Waals surface area contributed by atoms with Crippen molar-refractivity contribution in [2.45, 2.75) is 70.7 Å². The molecule has 8 heteroatoms. The van der Waals surface area contributed by atoms with Crippen molar-refractivity contribution in [3.8, 4) is 5.75 Å². The molecular weight excluding hydrogens is 528 g/mol. The second-order valence-electron chi connectivity index (χ2n) is 13.1. The lowest BCUT2D eigenvalue weighted by atomic mass is 9.61. The van der Waals surface area contributed by atoms with Gasteiger partial charge in [0.2, 0.25) is 11.8 Å². The molecule has 0 radical (unpaired) electrons. The van der Waals surface area contributed by atoms with Crippen LogP contribution in [0, 0.1) is 17.8 Å². The predicted molar refractivity (Wildman–Crippen MR) is 159 cm³/mol. The van der Waals surface area contributed by atoms with Crippen LogP contribution in [0.1, 0.15) is 72.0 Å². The van der Waals surface area contributed by atoms with Crippen molar-refractivity contribution in [1.29, 1.82) is 0 Å². The lowest BCUT2D eigenvalue weighted by Crippen LogP contribution is -2.52. The highest BCUT2D eigenvalue weighted by atomic mass is 16.5. The minimum Gasteiger partial charge on any atom is -0.489 e. The number of benzene rings is 2. The summed E-state index contributed by atoms with van der Waals surface area (Å²) in [5.41, 5.74) is 3.77. The van der Waals surface area contributed by atoms with Crippen LogP contribution < -0.4 is 10.1 Å². The number of hydrogen-bond acceptors (Lipinski definition) is 6. The van der Waals surface area contributed by atoms with E-state index in [1.165, 1.54) is 57.3 Å². The minimum absolute atomic E-state index is 0.184. The molecule has 0 bridgehead atoms. The van der Waals surface area contributed by atoms with Crippen LogP contribution >= 0.6 is 0 Å². The summed E-state index contributed by atoms with van der Waals surface area (Å²) in [7, 11) is 0. The third-order valence-corrected chi connectivity index (χ3v) is 10.6. The topological polar surface area (TPSA) is 82.2 Å². The van der Waals surface area contributed by atoms with Crippen molar-refractivity contribution >= 4 is 17.7 Å². The lowest BCUT2D eigenvalue weighted by Gasteiger charge is -2.48. The first-order valence-corrected chi connectivity index (χ1v) is 15.9. The molecule has 8 nitrogen and oxygen atoms in total. The van der Waals surface area contributed by atoms with Gasteiger partial charge in [0.15, 0.2) is 0 Å². The molecule has 0 aromatic heterocycles. The molecule has 2 saturated heterocycles. The third-order valence-electron chi connectivity index (χ3n) is 10.6. The monoisotopic (exact) mass is 570 g/mol. The van der Waals surface area contributed by atoms with Crippen LogP contribution in [-0.2, 0) is 29.3 Å². The maximum atomic E-state index is 13.1. The van der Waals surface area contributed by atoms with Crippen molar-refractivity contribution in [1.82, 2.24) is 20.0 Å². The number of nitrogens with one attached hydrogen (secondary N) is 1. The first kappa shape index (κ1) is 27.6. The average Bonchev–Trinajstić information content (AvgIpc) is 3.30. The maximum absolute atomic E-state index is 13.1. The summed E-state index contributed by atoms with van der Waals surface area (Å²) in [4.78, 5) is 43.9. The van der Waals surface area contributed by atoms with Gasteiger partial charge in [-0.1, -0.05) is 49.6 Å². The molecule has 3 aliphatic heterocycles. The normalized spacial score (nSPS) is 26.9. The highest BCUT2D eigenvalue weighted by molar-refractivity contribution is 6.05. The number of fused-ring (bicyclic) bond motifs is 1. The predicted octanol–water partition coefficient (Wildman–Crippen LogP) is 3.97. The van der Waals surface area contributed by atoms with Crippen molar-refractivity contribution in [2.75, 3.05) is 32.7 Å². The van der Waals surface area contributed by atoms with Crippen LogP contribution in [0.15, 0.2) is 42.5 Å². The summed E-state index contributed by atoms with van der Waals surface area (Å²) in [6.45, 7) is 7.66. The Kier molecular flexibility index (Phi) is 7.76. The first-order chi connectivity index (χ1) is 20.5. The Morgan fingerprint density at radius 2 is 1.60 bits per heavy atom. The van der Waals surface area contributed by atoms with E-state index in [4.69, 9.17) is 4.74 Å². The van der Waals surface area contributed by atoms with Crippen molar-refractivity contribution in [3.05, 3.63) is 64.7 Å². The fourth-order valence-corrected chi connectivity index (χ4v) is 7.62. The van der Waals surface area contributed by atoms with Crippen molar-refractivity contribution in [3.63, 3.8) is 0 Å². The van der Waals surface area contributed by atoms with Crippen molar-refractivity contribution in [2.24, 2.45) is 17.8 Å². The Morgan fingerprint density at radius 3 is 2.29 bits per heavy atom. The number of rotatable bonds is 9. The van der Waals surface area contributed by atoms with E-state index >= 15 is 0 Å². The van der Waals surface area contributed by atoms with Gasteiger partial charge in [-0.3, -0.25) is 24.6 Å². The largest absolute Gasteiger partial charge is 0.489 e. The lowest BCUT2D eigenvalue weighted by molar-refractivity contribution is -0.136. The molecule has 4 fully saturated rings. The second-order valence-corrected chi connectivity index (χ2v) is 13.1. The SMILES string of the molecule is O=C1CCC(N2Cc3c(OCc4ccc(CN5CCN(CC6CCC6C6CCC6)CC5)cc4)cccc3C2=O)C(=O)N1. The fourth-order valence-electron chi connectivity index (χ4n) is 7.62. The zero-order valence-corrected chi connectivity index (χ0v) is 24.4. The van der Waals surface area contributed by atoms with Gasteiger partial charge in [-0.15, -0.1) is 0 Å². The van der Waals surface area contributed by atoms with Crippen LogP contribution in [0.4, 0.5) is 0 Å². The smallest absolute Gasteiger partial charge is 0.255 e. The highest BCUT2D eigenvalue weighted by Gasteiger charge is 2.41. The van der Waals surface area contributed by atoms with Crippen molar-refractivity contribution < 1.29 is 19.1 Å². The van der Waals surface area contributed by atoms with E-state index in [9.17, 15) is 14.4 Å². The van der Waals surface area contributed by atoms with Gasteiger partial charge >= 0.3 is 0 Å². The second kappa shape index (κ2) is 11.8. The molecule has 0 spiro atoms. The van der Waals surface area contributed by atoms with Gasteiger partial charge < -0.3 is 14.5 Å². The van der Waals surface area contributed by atoms with E-state index in [0.29, 0.717) is 30.9 Å². The van der Waals surface area contributed by atoms with E-state index in [1.807, 2.05) is 12.1 Å². The zero-order valence-electron chi connectivity index (χ0n) is 24.4. The van der Waals surface area contributed by atoms with E-state index in [1.54, 1.807) is 11.0 Å². The Hall–Kier alpha value is -3.23. The molecule has 7 rings (SSSR count). The number of piperidine rings is 1. The van der Waals surface area contributed by atoms with E-state index in [2.05, 4.69) is 39.4 Å². The zero-order chi connectivity index (χ0) is 28.6. The van der Waals surface area contributed by atoms with Gasteiger partial charge in [-0.2, -0.15) is 0 Å². The van der Waals surface area contributed by atoms with E-state index < -0.39 is 11.9 Å². The fraction of sp³-hybridized carbons (Fsp3) is 0.559.